The van der Waals surface area contributed by atoms with Crippen LogP contribution in [0.15, 0.2) is 11.8 Å². The minimum absolute atomic E-state index is 0.417. The molecule has 0 atom stereocenters. The van der Waals surface area contributed by atoms with E-state index in [0.29, 0.717) is 0 Å². The van der Waals surface area contributed by atoms with Crippen LogP contribution in [-0.2, 0) is 9.47 Å². The SMILES string of the molecule is CC=C1CCOC(C)(C)O1. The summed E-state index contributed by atoms with van der Waals surface area (Å²) in [6.45, 7) is 6.61. The molecule has 2 heteroatoms. The molecule has 0 bridgehead atoms. The molecule has 0 aromatic rings. The first kappa shape index (κ1) is 7.61. The van der Waals surface area contributed by atoms with Gasteiger partial charge in [0.2, 0.25) is 5.79 Å². The smallest absolute Gasteiger partial charge is 0.204 e. The van der Waals surface area contributed by atoms with Gasteiger partial charge in [0.25, 0.3) is 0 Å². The molecule has 1 fully saturated rings. The summed E-state index contributed by atoms with van der Waals surface area (Å²) in [5, 5.41) is 0. The predicted octanol–water partition coefficient (Wildman–Crippen LogP) is 2.06. The Bertz CT molecular complexity index is 147. The van der Waals surface area contributed by atoms with E-state index in [9.17, 15) is 0 Å². The van der Waals surface area contributed by atoms with Gasteiger partial charge in [-0.25, -0.2) is 0 Å². The monoisotopic (exact) mass is 142 g/mol. The van der Waals surface area contributed by atoms with E-state index in [1.54, 1.807) is 0 Å². The van der Waals surface area contributed by atoms with Gasteiger partial charge in [-0.3, -0.25) is 0 Å². The Morgan fingerprint density at radius 1 is 1.50 bits per heavy atom. The summed E-state index contributed by atoms with van der Waals surface area (Å²) < 4.78 is 10.8. The van der Waals surface area contributed by atoms with Gasteiger partial charge in [0.15, 0.2) is 0 Å². The number of ether oxygens (including phenoxy) is 2. The third-order valence-corrected chi connectivity index (χ3v) is 1.50. The van der Waals surface area contributed by atoms with Crippen molar-refractivity contribution in [2.75, 3.05) is 6.61 Å². The second-order valence-corrected chi connectivity index (χ2v) is 2.86. The maximum absolute atomic E-state index is 5.46. The van der Waals surface area contributed by atoms with Crippen molar-refractivity contribution in [1.82, 2.24) is 0 Å². The Balaban J connectivity index is 2.56. The second-order valence-electron chi connectivity index (χ2n) is 2.86. The van der Waals surface area contributed by atoms with Crippen molar-refractivity contribution in [3.05, 3.63) is 11.8 Å². The first-order valence-electron chi connectivity index (χ1n) is 3.62. The zero-order chi connectivity index (χ0) is 7.61. The van der Waals surface area contributed by atoms with Gasteiger partial charge in [-0.2, -0.15) is 0 Å². The normalized spacial score (nSPS) is 28.1. The van der Waals surface area contributed by atoms with Gasteiger partial charge in [0.05, 0.1) is 12.4 Å². The molecule has 0 aromatic carbocycles. The van der Waals surface area contributed by atoms with E-state index in [2.05, 4.69) is 0 Å². The van der Waals surface area contributed by atoms with Crippen molar-refractivity contribution in [2.45, 2.75) is 33.0 Å². The molecule has 0 amide bonds. The summed E-state index contributed by atoms with van der Waals surface area (Å²) in [4.78, 5) is 0. The lowest BCUT2D eigenvalue weighted by Gasteiger charge is -2.32. The highest BCUT2D eigenvalue weighted by Crippen LogP contribution is 2.23. The van der Waals surface area contributed by atoms with Crippen LogP contribution in [-0.4, -0.2) is 12.4 Å². The quantitative estimate of drug-likeness (QED) is 0.515. The van der Waals surface area contributed by atoms with E-state index < -0.39 is 5.79 Å². The fraction of sp³-hybridized carbons (Fsp3) is 0.750. The summed E-state index contributed by atoms with van der Waals surface area (Å²) in [5.74, 6) is 0.622. The van der Waals surface area contributed by atoms with Crippen LogP contribution in [0.25, 0.3) is 0 Å². The third-order valence-electron chi connectivity index (χ3n) is 1.50. The van der Waals surface area contributed by atoms with Crippen molar-refractivity contribution < 1.29 is 9.47 Å². The van der Waals surface area contributed by atoms with Crippen LogP contribution in [0.5, 0.6) is 0 Å². The molecule has 58 valence electrons. The summed E-state index contributed by atoms with van der Waals surface area (Å²) in [5.41, 5.74) is 0. The highest BCUT2D eigenvalue weighted by Gasteiger charge is 2.25. The van der Waals surface area contributed by atoms with Gasteiger partial charge in [-0.1, -0.05) is 0 Å². The van der Waals surface area contributed by atoms with E-state index in [-0.39, 0.29) is 0 Å². The van der Waals surface area contributed by atoms with Crippen molar-refractivity contribution in [1.29, 1.82) is 0 Å². The minimum Gasteiger partial charge on any atom is -0.468 e. The number of rotatable bonds is 0. The van der Waals surface area contributed by atoms with Crippen molar-refractivity contribution in [3.63, 3.8) is 0 Å². The first-order valence-corrected chi connectivity index (χ1v) is 3.62. The maximum atomic E-state index is 5.46. The Kier molecular flexibility index (Phi) is 2.00. The van der Waals surface area contributed by atoms with Crippen molar-refractivity contribution in [3.8, 4) is 0 Å². The molecule has 1 rings (SSSR count). The van der Waals surface area contributed by atoms with E-state index in [1.807, 2.05) is 26.8 Å². The molecule has 1 aliphatic heterocycles. The number of hydrogen-bond acceptors (Lipinski definition) is 2. The van der Waals surface area contributed by atoms with Gasteiger partial charge < -0.3 is 9.47 Å². The maximum Gasteiger partial charge on any atom is 0.204 e. The molecule has 1 aliphatic rings. The summed E-state index contributed by atoms with van der Waals surface area (Å²) in [6.07, 6.45) is 2.89. The molecule has 1 heterocycles. The molecule has 0 aliphatic carbocycles. The Hall–Kier alpha value is -0.500. The Labute approximate surface area is 61.8 Å². The van der Waals surface area contributed by atoms with E-state index in [0.717, 1.165) is 18.8 Å². The molecule has 0 aromatic heterocycles. The summed E-state index contributed by atoms with van der Waals surface area (Å²) >= 11 is 0. The van der Waals surface area contributed by atoms with E-state index in [1.165, 1.54) is 0 Å². The number of allylic oxidation sites excluding steroid dienone is 1. The largest absolute Gasteiger partial charge is 0.468 e. The third kappa shape index (κ3) is 1.74. The molecule has 2 nitrogen and oxygen atoms in total. The zero-order valence-corrected chi connectivity index (χ0v) is 6.81. The fourth-order valence-electron chi connectivity index (χ4n) is 0.997. The van der Waals surface area contributed by atoms with Crippen LogP contribution in [0.3, 0.4) is 0 Å². The van der Waals surface area contributed by atoms with Crippen LogP contribution >= 0.6 is 0 Å². The van der Waals surface area contributed by atoms with Gasteiger partial charge in [-0.05, 0) is 13.0 Å². The molecule has 0 N–H and O–H groups in total. The van der Waals surface area contributed by atoms with Gasteiger partial charge in [-0.15, -0.1) is 0 Å². The Morgan fingerprint density at radius 3 is 2.60 bits per heavy atom. The molecule has 0 radical (unpaired) electrons. The van der Waals surface area contributed by atoms with Gasteiger partial charge in [0, 0.05) is 20.3 Å². The molecule has 0 saturated carbocycles. The standard InChI is InChI=1S/C8H14O2/c1-4-7-5-6-9-8(2,3)10-7/h4H,5-6H2,1-3H3. The van der Waals surface area contributed by atoms with Crippen LogP contribution in [0, 0.1) is 0 Å². The molecule has 1 saturated heterocycles. The second kappa shape index (κ2) is 2.62. The van der Waals surface area contributed by atoms with Gasteiger partial charge in [0.1, 0.15) is 0 Å². The lowest BCUT2D eigenvalue weighted by atomic mass is 10.2. The lowest BCUT2D eigenvalue weighted by molar-refractivity contribution is -0.216. The van der Waals surface area contributed by atoms with Crippen molar-refractivity contribution >= 4 is 0 Å². The van der Waals surface area contributed by atoms with Crippen molar-refractivity contribution in [2.24, 2.45) is 0 Å². The molecular formula is C8H14O2. The van der Waals surface area contributed by atoms with Crippen LogP contribution in [0.4, 0.5) is 0 Å². The lowest BCUT2D eigenvalue weighted by Crippen LogP contribution is -2.32. The molecule has 0 spiro atoms. The minimum atomic E-state index is -0.417. The molecule has 0 unspecified atom stereocenters. The highest BCUT2D eigenvalue weighted by atomic mass is 16.7. The average molecular weight is 142 g/mol. The van der Waals surface area contributed by atoms with E-state index in [4.69, 9.17) is 9.47 Å². The van der Waals surface area contributed by atoms with E-state index >= 15 is 0 Å². The topological polar surface area (TPSA) is 18.5 Å². The first-order chi connectivity index (χ1) is 4.64. The molecular weight excluding hydrogens is 128 g/mol. The predicted molar refractivity (Wildman–Crippen MR) is 39.5 cm³/mol. The fourth-order valence-corrected chi connectivity index (χ4v) is 0.997. The average Bonchev–Trinajstić information content (AvgIpc) is 1.86. The summed E-state index contributed by atoms with van der Waals surface area (Å²) in [7, 11) is 0. The summed E-state index contributed by atoms with van der Waals surface area (Å²) in [6, 6.07) is 0. The van der Waals surface area contributed by atoms with Gasteiger partial charge >= 0.3 is 0 Å². The molecule has 10 heavy (non-hydrogen) atoms. The van der Waals surface area contributed by atoms with Crippen LogP contribution < -0.4 is 0 Å². The van der Waals surface area contributed by atoms with Crippen LogP contribution in [0.1, 0.15) is 27.2 Å². The van der Waals surface area contributed by atoms with Crippen LogP contribution in [0.2, 0.25) is 0 Å². The number of hydrogen-bond donors (Lipinski definition) is 0. The Morgan fingerprint density at radius 2 is 2.20 bits per heavy atom. The highest BCUT2D eigenvalue weighted by molar-refractivity contribution is 4.93. The zero-order valence-electron chi connectivity index (χ0n) is 6.81.